The highest BCUT2D eigenvalue weighted by molar-refractivity contribution is 7.19. The van der Waals surface area contributed by atoms with Crippen LogP contribution in [0, 0.1) is 22.7 Å². The van der Waals surface area contributed by atoms with Crippen LogP contribution >= 0.6 is 22.7 Å². The highest BCUT2D eigenvalue weighted by Crippen LogP contribution is 2.43. The van der Waals surface area contributed by atoms with Gasteiger partial charge in [-0.1, -0.05) is 121 Å². The van der Waals surface area contributed by atoms with Crippen molar-refractivity contribution in [2.45, 2.75) is 0 Å². The van der Waals surface area contributed by atoms with E-state index in [0.29, 0.717) is 11.1 Å². The SMILES string of the molecule is N#Cc1c(C#N)c2ccc(-c3ccc(-c4ccc(N(c5ccccc5)c5ccccc5)cc4)s3)cc2c2cc(-c3ccc(-c4ccc(N(c5ccccc5)c5ccccc5)cc4)s3)ccc12. The third-order valence-corrected chi connectivity index (χ3v) is 14.4. The fraction of sp³-hybridized carbons (Fsp3) is 0. The molecule has 0 radical (unpaired) electrons. The fourth-order valence-electron chi connectivity index (χ4n) is 8.83. The zero-order valence-corrected chi connectivity index (χ0v) is 37.2. The molecule has 0 spiro atoms. The Hall–Kier alpha value is -8.52. The summed E-state index contributed by atoms with van der Waals surface area (Å²) in [5, 5.41) is 24.3. The molecular formula is C60H38N4S2. The molecule has 0 aliphatic heterocycles. The van der Waals surface area contributed by atoms with Gasteiger partial charge in [0.1, 0.15) is 12.1 Å². The van der Waals surface area contributed by atoms with Crippen LogP contribution in [-0.4, -0.2) is 0 Å². The van der Waals surface area contributed by atoms with E-state index in [2.05, 4.69) is 216 Å². The van der Waals surface area contributed by atoms with E-state index in [1.54, 1.807) is 22.7 Å². The molecule has 0 atom stereocenters. The first kappa shape index (κ1) is 40.3. The predicted octanol–water partition coefficient (Wildman–Crippen LogP) is 17.5. The van der Waals surface area contributed by atoms with E-state index in [1.807, 2.05) is 36.4 Å². The van der Waals surface area contributed by atoms with Crippen LogP contribution in [0.3, 0.4) is 0 Å². The first-order chi connectivity index (χ1) is 32.6. The molecule has 0 aliphatic carbocycles. The molecule has 0 saturated heterocycles. The van der Waals surface area contributed by atoms with E-state index in [1.165, 1.54) is 9.75 Å². The first-order valence-corrected chi connectivity index (χ1v) is 23.3. The molecule has 0 saturated carbocycles. The second-order valence-electron chi connectivity index (χ2n) is 15.9. The lowest BCUT2D eigenvalue weighted by Gasteiger charge is -2.25. The molecule has 0 fully saturated rings. The highest BCUT2D eigenvalue weighted by atomic mass is 32.1. The Bertz CT molecular complexity index is 3270. The summed E-state index contributed by atoms with van der Waals surface area (Å²) in [6.45, 7) is 0. The Morgan fingerprint density at radius 1 is 0.273 bits per heavy atom. The maximum absolute atomic E-state index is 10.4. The summed E-state index contributed by atoms with van der Waals surface area (Å²) >= 11 is 3.49. The summed E-state index contributed by atoms with van der Waals surface area (Å²) in [4.78, 5) is 9.13. The van der Waals surface area contributed by atoms with Crippen molar-refractivity contribution in [3.63, 3.8) is 0 Å². The molecule has 11 aromatic rings. The Morgan fingerprint density at radius 2 is 0.545 bits per heavy atom. The van der Waals surface area contributed by atoms with Gasteiger partial charge in [-0.15, -0.1) is 22.7 Å². The Labute approximate surface area is 392 Å². The Morgan fingerprint density at radius 3 is 0.848 bits per heavy atom. The summed E-state index contributed by atoms with van der Waals surface area (Å²) in [6.07, 6.45) is 0. The second kappa shape index (κ2) is 17.6. The molecule has 11 rings (SSSR count). The summed E-state index contributed by atoms with van der Waals surface area (Å²) in [5.41, 5.74) is 11.8. The van der Waals surface area contributed by atoms with Crippen molar-refractivity contribution in [3.05, 3.63) is 242 Å². The normalized spacial score (nSPS) is 11.0. The molecule has 0 N–H and O–H groups in total. The summed E-state index contributed by atoms with van der Waals surface area (Å²) in [7, 11) is 0. The van der Waals surface area contributed by atoms with Crippen molar-refractivity contribution >= 4 is 78.3 Å². The molecule has 0 amide bonds. The zero-order valence-electron chi connectivity index (χ0n) is 35.5. The lowest BCUT2D eigenvalue weighted by molar-refractivity contribution is 1.28. The molecule has 0 aliphatic rings. The fourth-order valence-corrected chi connectivity index (χ4v) is 10.8. The number of nitriles is 2. The van der Waals surface area contributed by atoms with Gasteiger partial charge in [0.2, 0.25) is 0 Å². The van der Waals surface area contributed by atoms with E-state index in [-0.39, 0.29) is 0 Å². The smallest absolute Gasteiger partial charge is 0.101 e. The molecule has 4 nitrogen and oxygen atoms in total. The topological polar surface area (TPSA) is 54.1 Å². The van der Waals surface area contributed by atoms with Crippen LogP contribution in [-0.2, 0) is 0 Å². The van der Waals surface area contributed by atoms with Crippen molar-refractivity contribution in [2.75, 3.05) is 9.80 Å². The number of hydrogen-bond acceptors (Lipinski definition) is 6. The molecule has 66 heavy (non-hydrogen) atoms. The summed E-state index contributed by atoms with van der Waals surface area (Å²) < 4.78 is 0. The third kappa shape index (κ3) is 7.57. The van der Waals surface area contributed by atoms with Gasteiger partial charge >= 0.3 is 0 Å². The van der Waals surface area contributed by atoms with Gasteiger partial charge in [-0.2, -0.15) is 10.5 Å². The van der Waals surface area contributed by atoms with Gasteiger partial charge in [0.25, 0.3) is 0 Å². The molecule has 0 unspecified atom stereocenters. The van der Waals surface area contributed by atoms with Gasteiger partial charge in [-0.3, -0.25) is 0 Å². The van der Waals surface area contributed by atoms with Crippen LogP contribution in [0.4, 0.5) is 34.1 Å². The largest absolute Gasteiger partial charge is 0.311 e. The second-order valence-corrected chi connectivity index (χ2v) is 18.1. The quantitative estimate of drug-likeness (QED) is 0.128. The van der Waals surface area contributed by atoms with E-state index in [9.17, 15) is 10.5 Å². The molecule has 9 aromatic carbocycles. The van der Waals surface area contributed by atoms with E-state index in [0.717, 1.165) is 87.7 Å². The van der Waals surface area contributed by atoms with Crippen molar-refractivity contribution < 1.29 is 0 Å². The van der Waals surface area contributed by atoms with Crippen molar-refractivity contribution in [1.29, 1.82) is 10.5 Å². The zero-order chi connectivity index (χ0) is 44.4. The first-order valence-electron chi connectivity index (χ1n) is 21.7. The van der Waals surface area contributed by atoms with E-state index < -0.39 is 0 Å². The van der Waals surface area contributed by atoms with Crippen LogP contribution in [0.15, 0.2) is 231 Å². The van der Waals surface area contributed by atoms with Crippen LogP contribution in [0.5, 0.6) is 0 Å². The Kier molecular flexibility index (Phi) is 10.7. The van der Waals surface area contributed by atoms with E-state index in [4.69, 9.17) is 0 Å². The molecular weight excluding hydrogens is 841 g/mol. The average molecular weight is 879 g/mol. The van der Waals surface area contributed by atoms with Gasteiger partial charge in [-0.05, 0) is 142 Å². The van der Waals surface area contributed by atoms with Crippen LogP contribution in [0.1, 0.15) is 11.1 Å². The van der Waals surface area contributed by atoms with E-state index >= 15 is 0 Å². The molecule has 310 valence electrons. The van der Waals surface area contributed by atoms with Crippen molar-refractivity contribution in [1.82, 2.24) is 0 Å². The average Bonchev–Trinajstić information content (AvgIpc) is 4.10. The number of nitrogens with zero attached hydrogens (tertiary/aromatic N) is 4. The van der Waals surface area contributed by atoms with Gasteiger partial charge in [0.15, 0.2) is 0 Å². The van der Waals surface area contributed by atoms with Crippen LogP contribution in [0.25, 0.3) is 63.3 Å². The lowest BCUT2D eigenvalue weighted by Crippen LogP contribution is -2.09. The Balaban J connectivity index is 0.913. The molecule has 6 heteroatoms. The maximum Gasteiger partial charge on any atom is 0.101 e. The number of benzene rings is 9. The van der Waals surface area contributed by atoms with Gasteiger partial charge in [-0.25, -0.2) is 0 Å². The van der Waals surface area contributed by atoms with Gasteiger partial charge < -0.3 is 9.80 Å². The highest BCUT2D eigenvalue weighted by Gasteiger charge is 2.19. The number of fused-ring (bicyclic) bond motifs is 3. The monoisotopic (exact) mass is 878 g/mol. The summed E-state index contributed by atoms with van der Waals surface area (Å²) in [5.74, 6) is 0. The number of para-hydroxylation sites is 4. The molecule has 2 heterocycles. The minimum atomic E-state index is 0.409. The third-order valence-electron chi connectivity index (χ3n) is 12.0. The standard InChI is InChI=1S/C60H38N4S2/c61-39-55-51-31-25-43(59-35-33-57(65-59)41-21-27-49(28-22-41)63(45-13-5-1-6-14-45)46-15-7-2-8-16-46)37-53(51)54-38-44(26-32-52(54)56(55)40-62)60-36-34-58(66-60)42-23-29-50(30-24-42)64(47-17-9-3-10-18-47)48-19-11-4-12-20-48/h1-38H. The van der Waals surface area contributed by atoms with Crippen LogP contribution in [0.2, 0.25) is 0 Å². The number of rotatable bonds is 10. The maximum atomic E-state index is 10.4. The van der Waals surface area contributed by atoms with Gasteiger partial charge in [0, 0.05) is 64.4 Å². The molecule has 0 bridgehead atoms. The number of anilines is 6. The number of thiophene rings is 2. The van der Waals surface area contributed by atoms with Gasteiger partial charge in [0.05, 0.1) is 11.1 Å². The predicted molar refractivity (Wildman–Crippen MR) is 278 cm³/mol. The van der Waals surface area contributed by atoms with Crippen molar-refractivity contribution in [2.24, 2.45) is 0 Å². The minimum absolute atomic E-state index is 0.409. The minimum Gasteiger partial charge on any atom is -0.311 e. The molecule has 2 aromatic heterocycles. The number of hydrogen-bond donors (Lipinski definition) is 0. The van der Waals surface area contributed by atoms with Crippen molar-refractivity contribution in [3.8, 4) is 53.9 Å². The lowest BCUT2D eigenvalue weighted by atomic mass is 9.90. The van der Waals surface area contributed by atoms with Crippen LogP contribution < -0.4 is 9.80 Å². The summed E-state index contributed by atoms with van der Waals surface area (Å²) in [6, 6.07) is 85.3.